The molecule has 1 heterocycles. The highest BCUT2D eigenvalue weighted by molar-refractivity contribution is 6.31. The van der Waals surface area contributed by atoms with Crippen LogP contribution in [0.5, 0.6) is 11.5 Å². The normalized spacial score (nSPS) is 26.2. The van der Waals surface area contributed by atoms with Crippen molar-refractivity contribution in [2.45, 2.75) is 56.0 Å². The number of carbonyl (C=O) groups excluding carboxylic acids is 1. The van der Waals surface area contributed by atoms with Crippen LogP contribution in [-0.4, -0.2) is 50.3 Å². The molecule has 0 aromatic heterocycles. The van der Waals surface area contributed by atoms with Crippen molar-refractivity contribution in [3.8, 4) is 11.5 Å². The smallest absolute Gasteiger partial charge is 0.319 e. The number of nitrogens with zero attached hydrogens (tertiary/aromatic N) is 1. The monoisotopic (exact) mass is 501 g/mol. The van der Waals surface area contributed by atoms with Gasteiger partial charge in [-0.2, -0.15) is 0 Å². The molecule has 0 radical (unpaired) electrons. The van der Waals surface area contributed by atoms with Crippen LogP contribution in [0.25, 0.3) is 0 Å². The Balaban J connectivity index is 1.33. The number of methoxy groups -OCH3 is 2. The number of amides is 2. The summed E-state index contributed by atoms with van der Waals surface area (Å²) in [6, 6.07) is 10.7. The molecule has 8 heteroatoms. The number of ether oxygens (including phenoxy) is 2. The van der Waals surface area contributed by atoms with Crippen molar-refractivity contribution >= 4 is 23.3 Å². The first kappa shape index (κ1) is 24.2. The number of likely N-dealkylation sites (tertiary alicyclic amines) is 1. The highest BCUT2D eigenvalue weighted by atomic mass is 35.5. The van der Waals surface area contributed by atoms with Crippen molar-refractivity contribution in [1.29, 1.82) is 0 Å². The molecular weight excluding hydrogens is 469 g/mol. The lowest BCUT2D eigenvalue weighted by atomic mass is 9.65. The molecule has 2 amide bonds. The SMILES string of the molecule is COc1ccc([C@@]23CC[C@H](NC(=O)Nc4ccc(F)c(Cl)c4)C[C@H]2N(CC2CC2)CC3)cc1OC. The number of rotatable bonds is 7. The van der Waals surface area contributed by atoms with Crippen LogP contribution >= 0.6 is 11.6 Å². The van der Waals surface area contributed by atoms with Crippen LogP contribution in [0.4, 0.5) is 14.9 Å². The number of urea groups is 1. The summed E-state index contributed by atoms with van der Waals surface area (Å²) in [6.45, 7) is 2.20. The molecule has 2 aromatic rings. The summed E-state index contributed by atoms with van der Waals surface area (Å²) in [5, 5.41) is 5.94. The van der Waals surface area contributed by atoms with Crippen LogP contribution in [0.3, 0.4) is 0 Å². The van der Waals surface area contributed by atoms with Gasteiger partial charge >= 0.3 is 6.03 Å². The standard InChI is InChI=1S/C27H33ClFN3O3/c1-34-23-8-5-18(13-24(23)35-2)27-10-9-20(15-25(27)32(12-11-27)16-17-3-4-17)31-26(33)30-19-6-7-22(29)21(28)14-19/h5-8,13-14,17,20,25H,3-4,9-12,15-16H2,1-2H3,(H2,30,31,33)/t20-,25+,27-/m0/s1. The Kier molecular flexibility index (Phi) is 6.82. The maximum absolute atomic E-state index is 13.5. The zero-order valence-electron chi connectivity index (χ0n) is 20.3. The Labute approximate surface area is 211 Å². The van der Waals surface area contributed by atoms with Gasteiger partial charge in [0.25, 0.3) is 0 Å². The van der Waals surface area contributed by atoms with Crippen molar-refractivity contribution in [2.75, 3.05) is 32.6 Å². The average Bonchev–Trinajstić information content (AvgIpc) is 3.61. The number of anilines is 1. The highest BCUT2D eigenvalue weighted by Gasteiger charge is 2.52. The second-order valence-corrected chi connectivity index (χ2v) is 10.5. The van der Waals surface area contributed by atoms with E-state index in [0.29, 0.717) is 11.7 Å². The molecule has 0 unspecified atom stereocenters. The van der Waals surface area contributed by atoms with Crippen molar-refractivity contribution < 1.29 is 18.7 Å². The molecule has 35 heavy (non-hydrogen) atoms. The molecule has 5 rings (SSSR count). The van der Waals surface area contributed by atoms with E-state index < -0.39 is 5.82 Å². The van der Waals surface area contributed by atoms with E-state index in [1.165, 1.54) is 36.6 Å². The number of hydrogen-bond acceptors (Lipinski definition) is 4. The van der Waals surface area contributed by atoms with Crippen molar-refractivity contribution in [1.82, 2.24) is 10.2 Å². The van der Waals surface area contributed by atoms with Crippen LogP contribution in [0, 0.1) is 11.7 Å². The third-order valence-corrected chi connectivity index (χ3v) is 8.32. The van der Waals surface area contributed by atoms with Crippen LogP contribution in [-0.2, 0) is 5.41 Å². The van der Waals surface area contributed by atoms with Crippen LogP contribution < -0.4 is 20.1 Å². The van der Waals surface area contributed by atoms with Crippen LogP contribution in [0.1, 0.15) is 44.1 Å². The maximum atomic E-state index is 13.5. The third kappa shape index (κ3) is 4.94. The lowest BCUT2D eigenvalue weighted by Gasteiger charge is -2.45. The maximum Gasteiger partial charge on any atom is 0.319 e. The van der Waals surface area contributed by atoms with E-state index >= 15 is 0 Å². The van der Waals surface area contributed by atoms with Gasteiger partial charge in [0.15, 0.2) is 11.5 Å². The number of nitrogens with one attached hydrogen (secondary N) is 2. The Morgan fingerprint density at radius 3 is 2.63 bits per heavy atom. The Hall–Kier alpha value is -2.51. The molecule has 2 aliphatic carbocycles. The average molecular weight is 502 g/mol. The largest absolute Gasteiger partial charge is 0.493 e. The molecule has 3 fully saturated rings. The van der Waals surface area contributed by atoms with Gasteiger partial charge in [-0.05, 0) is 86.9 Å². The van der Waals surface area contributed by atoms with Gasteiger partial charge in [-0.15, -0.1) is 0 Å². The van der Waals surface area contributed by atoms with E-state index in [1.54, 1.807) is 14.2 Å². The van der Waals surface area contributed by atoms with Crippen LogP contribution in [0.2, 0.25) is 5.02 Å². The summed E-state index contributed by atoms with van der Waals surface area (Å²) < 4.78 is 24.5. The van der Waals surface area contributed by atoms with Crippen molar-refractivity contribution in [2.24, 2.45) is 5.92 Å². The minimum absolute atomic E-state index is 0.0122. The van der Waals surface area contributed by atoms with Gasteiger partial charge in [0.1, 0.15) is 5.82 Å². The van der Waals surface area contributed by atoms with Crippen LogP contribution in [0.15, 0.2) is 36.4 Å². The fraction of sp³-hybridized carbons (Fsp3) is 0.519. The lowest BCUT2D eigenvalue weighted by Crippen LogP contribution is -2.53. The quantitative estimate of drug-likeness (QED) is 0.519. The molecule has 6 nitrogen and oxygen atoms in total. The summed E-state index contributed by atoms with van der Waals surface area (Å²) >= 11 is 5.86. The Bertz CT molecular complexity index is 1100. The van der Waals surface area contributed by atoms with Crippen molar-refractivity contribution in [3.63, 3.8) is 0 Å². The minimum atomic E-state index is -0.506. The lowest BCUT2D eigenvalue weighted by molar-refractivity contribution is 0.132. The van der Waals surface area contributed by atoms with Gasteiger partial charge in [-0.25, -0.2) is 9.18 Å². The summed E-state index contributed by atoms with van der Waals surface area (Å²) in [5.74, 6) is 1.80. The molecule has 1 aliphatic heterocycles. The summed E-state index contributed by atoms with van der Waals surface area (Å²) in [4.78, 5) is 15.4. The number of halogens is 2. The van der Waals surface area contributed by atoms with Crippen molar-refractivity contribution in [3.05, 3.63) is 52.8 Å². The fourth-order valence-electron chi connectivity index (χ4n) is 6.04. The van der Waals surface area contributed by atoms with Gasteiger partial charge in [0.05, 0.1) is 19.2 Å². The number of hydrogen-bond donors (Lipinski definition) is 2. The molecule has 0 spiro atoms. The summed E-state index contributed by atoms with van der Waals surface area (Å²) in [6.07, 6.45) is 6.50. The van der Waals surface area contributed by atoms with E-state index in [4.69, 9.17) is 21.1 Å². The zero-order chi connectivity index (χ0) is 24.6. The van der Waals surface area contributed by atoms with Gasteiger partial charge < -0.3 is 20.1 Å². The summed E-state index contributed by atoms with van der Waals surface area (Å²) in [7, 11) is 3.34. The molecule has 0 bridgehead atoms. The molecule has 3 aliphatic rings. The molecule has 2 N–H and O–H groups in total. The number of carbonyl (C=O) groups is 1. The first-order valence-corrected chi connectivity index (χ1v) is 12.8. The molecule has 2 aromatic carbocycles. The second kappa shape index (κ2) is 9.86. The Morgan fingerprint density at radius 2 is 1.91 bits per heavy atom. The zero-order valence-corrected chi connectivity index (χ0v) is 21.0. The molecule has 2 saturated carbocycles. The molecular formula is C27H33ClFN3O3. The van der Waals surface area contributed by atoms with E-state index in [9.17, 15) is 9.18 Å². The second-order valence-electron chi connectivity index (χ2n) is 10.1. The molecule has 3 atom stereocenters. The third-order valence-electron chi connectivity index (χ3n) is 8.03. The first-order valence-electron chi connectivity index (χ1n) is 12.4. The highest BCUT2D eigenvalue weighted by Crippen LogP contribution is 2.51. The first-order chi connectivity index (χ1) is 16.9. The summed E-state index contributed by atoms with van der Waals surface area (Å²) in [5.41, 5.74) is 1.80. The minimum Gasteiger partial charge on any atom is -0.493 e. The van der Waals surface area contributed by atoms with Gasteiger partial charge in [-0.3, -0.25) is 4.90 Å². The van der Waals surface area contributed by atoms with Gasteiger partial charge in [-0.1, -0.05) is 17.7 Å². The van der Waals surface area contributed by atoms with E-state index in [1.807, 2.05) is 6.07 Å². The predicted molar refractivity (Wildman–Crippen MR) is 135 cm³/mol. The van der Waals surface area contributed by atoms with E-state index in [-0.39, 0.29) is 22.5 Å². The van der Waals surface area contributed by atoms with E-state index in [2.05, 4.69) is 27.7 Å². The number of fused-ring (bicyclic) bond motifs is 1. The van der Waals surface area contributed by atoms with E-state index in [0.717, 1.165) is 56.2 Å². The molecule has 1 saturated heterocycles. The van der Waals surface area contributed by atoms with Gasteiger partial charge in [0.2, 0.25) is 0 Å². The topological polar surface area (TPSA) is 62.8 Å². The Morgan fingerprint density at radius 1 is 1.11 bits per heavy atom. The number of benzene rings is 2. The predicted octanol–water partition coefficient (Wildman–Crippen LogP) is 5.59. The van der Waals surface area contributed by atoms with Gasteiger partial charge in [0, 0.05) is 29.7 Å². The fourth-order valence-corrected chi connectivity index (χ4v) is 6.22. The molecule has 188 valence electrons.